The van der Waals surface area contributed by atoms with Gasteiger partial charge in [-0.15, -0.1) is 0 Å². The van der Waals surface area contributed by atoms with E-state index in [1.54, 1.807) is 13.8 Å². The van der Waals surface area contributed by atoms with Gasteiger partial charge in [-0.3, -0.25) is 4.79 Å². The molecule has 1 aromatic heterocycles. The number of hydrogen-bond acceptors (Lipinski definition) is 4. The Morgan fingerprint density at radius 1 is 1.37 bits per heavy atom. The van der Waals surface area contributed by atoms with E-state index in [1.807, 2.05) is 30.3 Å². The summed E-state index contributed by atoms with van der Waals surface area (Å²) in [5.41, 5.74) is 1.38. The Hall–Kier alpha value is -2.14. The number of aliphatic hydroxyl groups excluding tert-OH is 1. The molecule has 0 spiro atoms. The number of aromatic nitrogens is 1. The molecular formula is C14H16N2O3. The number of amides is 1. The summed E-state index contributed by atoms with van der Waals surface area (Å²) in [4.78, 5) is 16.1. The van der Waals surface area contributed by atoms with Crippen molar-refractivity contribution in [1.82, 2.24) is 10.3 Å². The molecule has 2 N–H and O–H groups in total. The van der Waals surface area contributed by atoms with Crippen molar-refractivity contribution < 1.29 is 14.3 Å². The van der Waals surface area contributed by atoms with Crippen LogP contribution < -0.4 is 5.32 Å². The van der Waals surface area contributed by atoms with Gasteiger partial charge < -0.3 is 14.8 Å². The van der Waals surface area contributed by atoms with Gasteiger partial charge in [-0.2, -0.15) is 0 Å². The molecule has 5 nitrogen and oxygen atoms in total. The summed E-state index contributed by atoms with van der Waals surface area (Å²) in [6.45, 7) is 3.22. The third-order valence-electron chi connectivity index (χ3n) is 2.80. The molecule has 0 aliphatic heterocycles. The fourth-order valence-corrected chi connectivity index (χ4v) is 1.89. The number of oxazole rings is 1. The summed E-state index contributed by atoms with van der Waals surface area (Å²) in [5, 5.41) is 12.1. The number of nitrogens with one attached hydrogen (secondary N) is 1. The van der Waals surface area contributed by atoms with Crippen LogP contribution in [0.15, 0.2) is 34.7 Å². The Kier molecular flexibility index (Phi) is 3.97. The fraction of sp³-hybridized carbons (Fsp3) is 0.286. The van der Waals surface area contributed by atoms with E-state index in [9.17, 15) is 9.90 Å². The highest BCUT2D eigenvalue weighted by molar-refractivity contribution is 5.92. The van der Waals surface area contributed by atoms with Crippen LogP contribution in [0.25, 0.3) is 0 Å². The summed E-state index contributed by atoms with van der Waals surface area (Å²) in [6.07, 6.45) is 0. The van der Waals surface area contributed by atoms with E-state index in [0.717, 1.165) is 5.56 Å². The second kappa shape index (κ2) is 5.67. The largest absolute Gasteiger partial charge is 0.436 e. The standard InChI is InChI=1S/C14H16N2O3/c1-9-13(19-10(2)15-9)14(18)16-12(8-17)11-6-4-3-5-7-11/h3-7,12,17H,8H2,1-2H3,(H,16,18)/t12-/m0/s1. The molecule has 100 valence electrons. The van der Waals surface area contributed by atoms with Gasteiger partial charge in [0.25, 0.3) is 5.91 Å². The first kappa shape index (κ1) is 13.3. The fourth-order valence-electron chi connectivity index (χ4n) is 1.89. The van der Waals surface area contributed by atoms with Gasteiger partial charge in [-0.05, 0) is 12.5 Å². The summed E-state index contributed by atoms with van der Waals surface area (Å²) >= 11 is 0. The molecule has 19 heavy (non-hydrogen) atoms. The molecule has 2 rings (SSSR count). The first-order valence-electron chi connectivity index (χ1n) is 6.02. The van der Waals surface area contributed by atoms with Gasteiger partial charge in [0, 0.05) is 6.92 Å². The van der Waals surface area contributed by atoms with Crippen LogP contribution in [-0.4, -0.2) is 22.6 Å². The number of aryl methyl sites for hydroxylation is 2. The predicted octanol–water partition coefficient (Wildman–Crippen LogP) is 1.75. The number of rotatable bonds is 4. The lowest BCUT2D eigenvalue weighted by molar-refractivity contribution is 0.0886. The van der Waals surface area contributed by atoms with Gasteiger partial charge in [0.1, 0.15) is 0 Å². The lowest BCUT2D eigenvalue weighted by Crippen LogP contribution is -2.30. The van der Waals surface area contributed by atoms with E-state index in [-0.39, 0.29) is 18.3 Å². The molecule has 0 aliphatic carbocycles. The second-order valence-corrected chi connectivity index (χ2v) is 4.27. The number of nitrogens with zero attached hydrogens (tertiary/aromatic N) is 1. The summed E-state index contributed by atoms with van der Waals surface area (Å²) in [6, 6.07) is 8.82. The van der Waals surface area contributed by atoms with Gasteiger partial charge in [0.15, 0.2) is 5.89 Å². The minimum atomic E-state index is -0.460. The molecule has 0 unspecified atom stereocenters. The van der Waals surface area contributed by atoms with Crippen LogP contribution in [0.2, 0.25) is 0 Å². The van der Waals surface area contributed by atoms with Crippen molar-refractivity contribution in [1.29, 1.82) is 0 Å². The molecule has 1 aromatic carbocycles. The molecule has 5 heteroatoms. The zero-order valence-electron chi connectivity index (χ0n) is 10.9. The molecule has 0 radical (unpaired) electrons. The highest BCUT2D eigenvalue weighted by Gasteiger charge is 2.20. The Morgan fingerprint density at radius 3 is 2.58 bits per heavy atom. The molecule has 1 heterocycles. The van der Waals surface area contributed by atoms with Gasteiger partial charge in [0.2, 0.25) is 5.76 Å². The van der Waals surface area contributed by atoms with Crippen LogP contribution in [0.4, 0.5) is 0 Å². The average Bonchev–Trinajstić information content (AvgIpc) is 2.76. The minimum absolute atomic E-state index is 0.179. The Bertz CT molecular complexity index is 563. The van der Waals surface area contributed by atoms with E-state index in [0.29, 0.717) is 11.6 Å². The molecular weight excluding hydrogens is 244 g/mol. The molecule has 0 fully saturated rings. The third-order valence-corrected chi connectivity index (χ3v) is 2.80. The van der Waals surface area contributed by atoms with Gasteiger partial charge >= 0.3 is 0 Å². The Morgan fingerprint density at radius 2 is 2.05 bits per heavy atom. The minimum Gasteiger partial charge on any atom is -0.436 e. The van der Waals surface area contributed by atoms with E-state index >= 15 is 0 Å². The van der Waals surface area contributed by atoms with E-state index in [4.69, 9.17) is 4.42 Å². The molecule has 1 amide bonds. The highest BCUT2D eigenvalue weighted by atomic mass is 16.4. The third kappa shape index (κ3) is 3.00. The number of benzene rings is 1. The first-order valence-corrected chi connectivity index (χ1v) is 6.02. The van der Waals surface area contributed by atoms with Crippen molar-refractivity contribution in [3.8, 4) is 0 Å². The van der Waals surface area contributed by atoms with Crippen LogP contribution in [0.1, 0.15) is 33.7 Å². The molecule has 0 saturated heterocycles. The smallest absolute Gasteiger partial charge is 0.289 e. The number of carbonyl (C=O) groups excluding carboxylic acids is 1. The van der Waals surface area contributed by atoms with Gasteiger partial charge in [-0.25, -0.2) is 4.98 Å². The van der Waals surface area contributed by atoms with E-state index < -0.39 is 6.04 Å². The Balaban J connectivity index is 2.15. The van der Waals surface area contributed by atoms with Crippen molar-refractivity contribution >= 4 is 5.91 Å². The predicted molar refractivity (Wildman–Crippen MR) is 69.7 cm³/mol. The molecule has 0 bridgehead atoms. The quantitative estimate of drug-likeness (QED) is 0.878. The van der Waals surface area contributed by atoms with Crippen LogP contribution in [-0.2, 0) is 0 Å². The monoisotopic (exact) mass is 260 g/mol. The topological polar surface area (TPSA) is 75.4 Å². The maximum absolute atomic E-state index is 12.1. The van der Waals surface area contributed by atoms with E-state index in [1.165, 1.54) is 0 Å². The SMILES string of the molecule is Cc1nc(C)c(C(=O)N[C@@H](CO)c2ccccc2)o1. The maximum Gasteiger partial charge on any atom is 0.289 e. The molecule has 2 aromatic rings. The van der Waals surface area contributed by atoms with Gasteiger partial charge in [-0.1, -0.05) is 30.3 Å². The highest BCUT2D eigenvalue weighted by Crippen LogP contribution is 2.14. The van der Waals surface area contributed by atoms with Crippen molar-refractivity contribution in [3.63, 3.8) is 0 Å². The van der Waals surface area contributed by atoms with Crippen molar-refractivity contribution in [2.75, 3.05) is 6.61 Å². The zero-order chi connectivity index (χ0) is 13.8. The molecule has 0 saturated carbocycles. The van der Waals surface area contributed by atoms with Gasteiger partial charge in [0.05, 0.1) is 18.3 Å². The number of aliphatic hydroxyl groups is 1. The summed E-state index contributed by atoms with van der Waals surface area (Å²) < 4.78 is 5.25. The average molecular weight is 260 g/mol. The lowest BCUT2D eigenvalue weighted by Gasteiger charge is -2.15. The van der Waals surface area contributed by atoms with Crippen molar-refractivity contribution in [2.24, 2.45) is 0 Å². The summed E-state index contributed by atoms with van der Waals surface area (Å²) in [5.74, 6) is 0.260. The normalized spacial score (nSPS) is 12.2. The lowest BCUT2D eigenvalue weighted by atomic mass is 10.1. The Labute approximate surface area is 111 Å². The van der Waals surface area contributed by atoms with Crippen LogP contribution >= 0.6 is 0 Å². The molecule has 0 aliphatic rings. The second-order valence-electron chi connectivity index (χ2n) is 4.27. The van der Waals surface area contributed by atoms with Crippen LogP contribution in [0, 0.1) is 13.8 Å². The van der Waals surface area contributed by atoms with E-state index in [2.05, 4.69) is 10.3 Å². The molecule has 1 atom stereocenters. The van der Waals surface area contributed by atoms with Crippen LogP contribution in [0.5, 0.6) is 0 Å². The maximum atomic E-state index is 12.1. The zero-order valence-corrected chi connectivity index (χ0v) is 10.9. The number of hydrogen-bond donors (Lipinski definition) is 2. The first-order chi connectivity index (χ1) is 9.11. The van der Waals surface area contributed by atoms with Crippen molar-refractivity contribution in [3.05, 3.63) is 53.2 Å². The summed E-state index contributed by atoms with van der Waals surface area (Å²) in [7, 11) is 0. The number of carbonyl (C=O) groups is 1. The van der Waals surface area contributed by atoms with Crippen LogP contribution in [0.3, 0.4) is 0 Å². The van der Waals surface area contributed by atoms with Crippen molar-refractivity contribution in [2.45, 2.75) is 19.9 Å².